The summed E-state index contributed by atoms with van der Waals surface area (Å²) in [6.07, 6.45) is 1.61. The molecule has 1 aromatic heterocycles. The third-order valence-corrected chi connectivity index (χ3v) is 1.75. The first-order valence-electron chi connectivity index (χ1n) is 4.45. The predicted octanol–water partition coefficient (Wildman–Crippen LogP) is 0.689. The van der Waals surface area contributed by atoms with Crippen molar-refractivity contribution in [2.45, 2.75) is 6.61 Å². The molecule has 0 fully saturated rings. The van der Waals surface area contributed by atoms with Crippen molar-refractivity contribution in [2.75, 3.05) is 20.2 Å². The Bertz CT molecular complexity index is 319. The van der Waals surface area contributed by atoms with Gasteiger partial charge in [0.05, 0.1) is 13.2 Å². The second-order valence-electron chi connectivity index (χ2n) is 2.78. The summed E-state index contributed by atoms with van der Waals surface area (Å²) in [6.45, 7) is 1.89. The van der Waals surface area contributed by atoms with Gasteiger partial charge in [-0.25, -0.2) is 4.98 Å². The molecule has 0 aliphatic heterocycles. The smallest absolute Gasteiger partial charge is 0.145 e. The van der Waals surface area contributed by atoms with Crippen LogP contribution in [0.25, 0.3) is 0 Å². The Kier molecular flexibility index (Phi) is 4.62. The quantitative estimate of drug-likeness (QED) is 0.696. The number of aromatic nitrogens is 1. The number of rotatable bonds is 5. The van der Waals surface area contributed by atoms with Crippen molar-refractivity contribution in [1.82, 2.24) is 10.3 Å². The Hall–Kier alpha value is -1.44. The molecule has 1 N–H and O–H groups in total. The summed E-state index contributed by atoms with van der Waals surface area (Å²) < 4.78 is 5.35. The molecule has 1 heterocycles. The van der Waals surface area contributed by atoms with Crippen LogP contribution in [0, 0.1) is 11.3 Å². The van der Waals surface area contributed by atoms with Crippen LogP contribution >= 0.6 is 0 Å². The van der Waals surface area contributed by atoms with Crippen molar-refractivity contribution in [1.29, 1.82) is 5.26 Å². The van der Waals surface area contributed by atoms with E-state index >= 15 is 0 Å². The van der Waals surface area contributed by atoms with Crippen LogP contribution in [0.3, 0.4) is 0 Å². The molecule has 0 aliphatic rings. The molecule has 14 heavy (non-hydrogen) atoms. The zero-order valence-corrected chi connectivity index (χ0v) is 8.16. The Morgan fingerprint density at radius 2 is 2.50 bits per heavy atom. The third-order valence-electron chi connectivity index (χ3n) is 1.75. The molecule has 0 amide bonds. The number of likely N-dealkylation sites (N-methyl/N-ethyl adjacent to an activating group) is 1. The Labute approximate surface area is 83.5 Å². The Morgan fingerprint density at radius 1 is 1.64 bits per heavy atom. The molecular formula is C10H13N3O. The third kappa shape index (κ3) is 3.13. The molecule has 4 nitrogen and oxygen atoms in total. The monoisotopic (exact) mass is 191 g/mol. The topological polar surface area (TPSA) is 57.9 Å². The minimum Gasteiger partial charge on any atom is -0.375 e. The first kappa shape index (κ1) is 10.6. The normalized spacial score (nSPS) is 9.71. The SMILES string of the molecule is CNCCOCc1cccnc1C#N. The average Bonchev–Trinajstić information content (AvgIpc) is 2.25. The van der Waals surface area contributed by atoms with Gasteiger partial charge in [0.2, 0.25) is 0 Å². The van der Waals surface area contributed by atoms with E-state index in [2.05, 4.69) is 10.3 Å². The van der Waals surface area contributed by atoms with E-state index in [1.807, 2.05) is 19.2 Å². The number of hydrogen-bond donors (Lipinski definition) is 1. The fraction of sp³-hybridized carbons (Fsp3) is 0.400. The van der Waals surface area contributed by atoms with Gasteiger partial charge in [-0.2, -0.15) is 5.26 Å². The van der Waals surface area contributed by atoms with E-state index in [0.717, 1.165) is 12.1 Å². The van der Waals surface area contributed by atoms with Crippen LogP contribution in [0.4, 0.5) is 0 Å². The van der Waals surface area contributed by atoms with Crippen molar-refractivity contribution in [3.8, 4) is 6.07 Å². The largest absolute Gasteiger partial charge is 0.375 e. The molecule has 0 bridgehead atoms. The molecule has 74 valence electrons. The first-order valence-corrected chi connectivity index (χ1v) is 4.45. The van der Waals surface area contributed by atoms with Gasteiger partial charge in [-0.15, -0.1) is 0 Å². The maximum atomic E-state index is 8.74. The van der Waals surface area contributed by atoms with E-state index in [1.165, 1.54) is 0 Å². The molecule has 4 heteroatoms. The summed E-state index contributed by atoms with van der Waals surface area (Å²) in [5, 5.41) is 11.7. The van der Waals surface area contributed by atoms with Crippen LogP contribution in [-0.4, -0.2) is 25.2 Å². The van der Waals surface area contributed by atoms with Crippen molar-refractivity contribution >= 4 is 0 Å². The van der Waals surface area contributed by atoms with Crippen LogP contribution < -0.4 is 5.32 Å². The summed E-state index contributed by atoms with van der Waals surface area (Å²) in [5.41, 5.74) is 1.28. The molecule has 0 aromatic carbocycles. The minimum atomic E-state index is 0.442. The number of hydrogen-bond acceptors (Lipinski definition) is 4. The number of nitriles is 1. The van der Waals surface area contributed by atoms with Crippen LogP contribution in [-0.2, 0) is 11.3 Å². The number of ether oxygens (including phenoxy) is 1. The summed E-state index contributed by atoms with van der Waals surface area (Å²) in [6, 6.07) is 5.69. The van der Waals surface area contributed by atoms with Gasteiger partial charge in [-0.05, 0) is 13.1 Å². The fourth-order valence-electron chi connectivity index (χ4n) is 1.01. The molecule has 0 saturated carbocycles. The van der Waals surface area contributed by atoms with Gasteiger partial charge in [-0.3, -0.25) is 0 Å². The molecule has 0 aliphatic carbocycles. The van der Waals surface area contributed by atoms with Crippen molar-refractivity contribution < 1.29 is 4.74 Å². The second-order valence-corrected chi connectivity index (χ2v) is 2.78. The number of nitrogens with zero attached hydrogens (tertiary/aromatic N) is 2. The lowest BCUT2D eigenvalue weighted by atomic mass is 10.2. The van der Waals surface area contributed by atoms with Crippen molar-refractivity contribution in [3.05, 3.63) is 29.6 Å². The van der Waals surface area contributed by atoms with E-state index in [1.54, 1.807) is 12.3 Å². The molecule has 1 rings (SSSR count). The summed E-state index contributed by atoms with van der Waals surface area (Å²) in [5.74, 6) is 0. The van der Waals surface area contributed by atoms with E-state index in [-0.39, 0.29) is 0 Å². The fourth-order valence-corrected chi connectivity index (χ4v) is 1.01. The molecule has 0 radical (unpaired) electrons. The number of nitrogens with one attached hydrogen (secondary N) is 1. The Balaban J connectivity index is 2.46. The van der Waals surface area contributed by atoms with E-state index in [0.29, 0.717) is 18.9 Å². The highest BCUT2D eigenvalue weighted by Gasteiger charge is 2.01. The van der Waals surface area contributed by atoms with Gasteiger partial charge in [0, 0.05) is 18.3 Å². The van der Waals surface area contributed by atoms with Crippen LogP contribution in [0.2, 0.25) is 0 Å². The minimum absolute atomic E-state index is 0.442. The highest BCUT2D eigenvalue weighted by Crippen LogP contribution is 2.04. The summed E-state index contributed by atoms with van der Waals surface area (Å²) >= 11 is 0. The molecule has 0 spiro atoms. The second kappa shape index (κ2) is 6.08. The number of pyridine rings is 1. The predicted molar refractivity (Wildman–Crippen MR) is 52.5 cm³/mol. The highest BCUT2D eigenvalue weighted by molar-refractivity contribution is 5.29. The lowest BCUT2D eigenvalue weighted by Crippen LogP contribution is -2.14. The summed E-state index contributed by atoms with van der Waals surface area (Å²) in [4.78, 5) is 3.94. The van der Waals surface area contributed by atoms with Crippen LogP contribution in [0.5, 0.6) is 0 Å². The zero-order chi connectivity index (χ0) is 10.2. The van der Waals surface area contributed by atoms with Crippen LogP contribution in [0.1, 0.15) is 11.3 Å². The molecule has 0 unspecified atom stereocenters. The summed E-state index contributed by atoms with van der Waals surface area (Å²) in [7, 11) is 1.87. The van der Waals surface area contributed by atoms with E-state index in [9.17, 15) is 0 Å². The maximum absolute atomic E-state index is 8.74. The average molecular weight is 191 g/mol. The van der Waals surface area contributed by atoms with E-state index in [4.69, 9.17) is 10.00 Å². The lowest BCUT2D eigenvalue weighted by molar-refractivity contribution is 0.123. The van der Waals surface area contributed by atoms with Gasteiger partial charge in [0.1, 0.15) is 11.8 Å². The standard InChI is InChI=1S/C10H13N3O/c1-12-5-6-14-8-9-3-2-4-13-10(9)7-11/h2-4,12H,5-6,8H2,1H3. The highest BCUT2D eigenvalue weighted by atomic mass is 16.5. The molecular weight excluding hydrogens is 178 g/mol. The molecule has 1 aromatic rings. The molecule has 0 atom stereocenters. The van der Waals surface area contributed by atoms with Crippen LogP contribution in [0.15, 0.2) is 18.3 Å². The first-order chi connectivity index (χ1) is 6.88. The van der Waals surface area contributed by atoms with E-state index < -0.39 is 0 Å². The van der Waals surface area contributed by atoms with Crippen molar-refractivity contribution in [3.63, 3.8) is 0 Å². The lowest BCUT2D eigenvalue weighted by Gasteiger charge is -2.04. The Morgan fingerprint density at radius 3 is 3.21 bits per heavy atom. The van der Waals surface area contributed by atoms with Gasteiger partial charge in [0.15, 0.2) is 0 Å². The van der Waals surface area contributed by atoms with Gasteiger partial charge < -0.3 is 10.1 Å². The van der Waals surface area contributed by atoms with Gasteiger partial charge >= 0.3 is 0 Å². The maximum Gasteiger partial charge on any atom is 0.145 e. The van der Waals surface area contributed by atoms with Gasteiger partial charge in [-0.1, -0.05) is 6.07 Å². The van der Waals surface area contributed by atoms with Crippen molar-refractivity contribution in [2.24, 2.45) is 0 Å². The van der Waals surface area contributed by atoms with Gasteiger partial charge in [0.25, 0.3) is 0 Å². The zero-order valence-electron chi connectivity index (χ0n) is 8.16. The molecule has 0 saturated heterocycles.